The Hall–Kier alpha value is -3.53. The number of amides is 1. The number of nitrogens with zero attached hydrogens (tertiary/aromatic N) is 1. The average Bonchev–Trinajstić information content (AvgIpc) is 3.12. The zero-order valence-corrected chi connectivity index (χ0v) is 13.8. The van der Waals surface area contributed by atoms with E-state index in [4.69, 9.17) is 14.7 Å². The molecular weight excluding hydrogens is 337 g/mol. The number of hydrogen-bond donors (Lipinski definition) is 2. The van der Waals surface area contributed by atoms with Crippen LogP contribution in [-0.2, 0) is 17.9 Å². The Balaban J connectivity index is 1.55. The maximum absolute atomic E-state index is 13.5. The molecule has 0 atom stereocenters. The molecule has 2 aromatic carbocycles. The predicted octanol–water partition coefficient (Wildman–Crippen LogP) is 2.37. The predicted molar refractivity (Wildman–Crippen MR) is 91.3 cm³/mol. The highest BCUT2D eigenvalue weighted by atomic mass is 19.1. The van der Waals surface area contributed by atoms with Crippen LogP contribution in [0.1, 0.15) is 11.1 Å². The Kier molecular flexibility index (Phi) is 5.34. The molecule has 0 saturated heterocycles. The summed E-state index contributed by atoms with van der Waals surface area (Å²) in [5.74, 6) is 0.416. The number of nitrogens with one attached hydrogen (secondary N) is 2. The summed E-state index contributed by atoms with van der Waals surface area (Å²) in [5, 5.41) is 14.6. The molecule has 0 aromatic heterocycles. The lowest BCUT2D eigenvalue weighted by molar-refractivity contribution is -0.117. The summed E-state index contributed by atoms with van der Waals surface area (Å²) in [7, 11) is 0. The minimum absolute atomic E-state index is 0.0953. The largest absolute Gasteiger partial charge is 0.454 e. The summed E-state index contributed by atoms with van der Waals surface area (Å²) in [6.45, 7) is 0.593. The molecule has 0 unspecified atom stereocenters. The van der Waals surface area contributed by atoms with Crippen LogP contribution >= 0.6 is 0 Å². The van der Waals surface area contributed by atoms with Crippen molar-refractivity contribution in [2.24, 2.45) is 0 Å². The third kappa shape index (κ3) is 4.11. The molecule has 7 heteroatoms. The Labute approximate surface area is 149 Å². The van der Waals surface area contributed by atoms with Gasteiger partial charge in [-0.15, -0.1) is 0 Å². The highest BCUT2D eigenvalue weighted by Crippen LogP contribution is 2.32. The highest BCUT2D eigenvalue weighted by Gasteiger charge is 2.14. The fraction of sp³-hybridized carbons (Fsp3) is 0.158. The first-order chi connectivity index (χ1) is 12.7. The summed E-state index contributed by atoms with van der Waals surface area (Å²) in [6.07, 6.45) is 1.28. The quantitative estimate of drug-likeness (QED) is 0.615. The number of nitriles is 1. The van der Waals surface area contributed by atoms with E-state index in [9.17, 15) is 9.18 Å². The van der Waals surface area contributed by atoms with Gasteiger partial charge in [-0.2, -0.15) is 5.26 Å². The first-order valence-corrected chi connectivity index (χ1v) is 7.91. The molecule has 1 aliphatic rings. The van der Waals surface area contributed by atoms with E-state index >= 15 is 0 Å². The number of carbonyl (C=O) groups is 1. The third-order valence-corrected chi connectivity index (χ3v) is 3.75. The third-order valence-electron chi connectivity index (χ3n) is 3.75. The van der Waals surface area contributed by atoms with E-state index in [1.54, 1.807) is 36.4 Å². The normalized spacial score (nSPS) is 12.4. The van der Waals surface area contributed by atoms with Crippen LogP contribution in [0.3, 0.4) is 0 Å². The Bertz CT molecular complexity index is 890. The summed E-state index contributed by atoms with van der Waals surface area (Å²) < 4.78 is 24.0. The van der Waals surface area contributed by atoms with Crippen LogP contribution < -0.4 is 20.1 Å². The second-order valence-corrected chi connectivity index (χ2v) is 5.51. The fourth-order valence-electron chi connectivity index (χ4n) is 2.38. The number of fused-ring (bicyclic) bond motifs is 1. The highest BCUT2D eigenvalue weighted by molar-refractivity contribution is 5.97. The summed E-state index contributed by atoms with van der Waals surface area (Å²) in [4.78, 5) is 12.1. The van der Waals surface area contributed by atoms with E-state index < -0.39 is 5.91 Å². The van der Waals surface area contributed by atoms with Crippen LogP contribution in [0, 0.1) is 17.1 Å². The monoisotopic (exact) mass is 353 g/mol. The molecule has 0 spiro atoms. The molecule has 1 heterocycles. The minimum Gasteiger partial charge on any atom is -0.454 e. The molecular formula is C19H16FN3O3. The second-order valence-electron chi connectivity index (χ2n) is 5.51. The number of carbonyl (C=O) groups excluding carboxylic acids is 1. The standard InChI is InChI=1S/C19H16FN3O3/c20-16-4-2-1-3-14(16)10-22-11-15(8-21)19(24)23-9-13-5-6-17-18(7-13)26-12-25-17/h1-7,11,22H,9-10,12H2,(H,23,24)/b15-11-. The topological polar surface area (TPSA) is 83.4 Å². The Morgan fingerprint density at radius 3 is 2.81 bits per heavy atom. The number of rotatable bonds is 6. The maximum Gasteiger partial charge on any atom is 0.263 e. The molecule has 2 N–H and O–H groups in total. The van der Waals surface area contributed by atoms with Crippen molar-refractivity contribution in [2.45, 2.75) is 13.1 Å². The number of ether oxygens (including phenoxy) is 2. The van der Waals surface area contributed by atoms with Crippen molar-refractivity contribution < 1.29 is 18.7 Å². The SMILES string of the molecule is N#C/C(=C/NCc1ccccc1F)C(=O)NCc1ccc2c(c1)OCO2. The van der Waals surface area contributed by atoms with Crippen LogP contribution in [0.15, 0.2) is 54.2 Å². The van der Waals surface area contributed by atoms with E-state index in [0.717, 1.165) is 5.56 Å². The van der Waals surface area contributed by atoms with Gasteiger partial charge in [0.15, 0.2) is 11.5 Å². The molecule has 26 heavy (non-hydrogen) atoms. The smallest absolute Gasteiger partial charge is 0.263 e. The number of benzene rings is 2. The molecule has 2 aromatic rings. The second kappa shape index (κ2) is 8.03. The minimum atomic E-state index is -0.522. The molecule has 0 radical (unpaired) electrons. The van der Waals surface area contributed by atoms with Gasteiger partial charge in [0.25, 0.3) is 5.91 Å². The number of hydrogen-bond acceptors (Lipinski definition) is 5. The first kappa shape index (κ1) is 17.3. The van der Waals surface area contributed by atoms with Gasteiger partial charge in [0.05, 0.1) is 0 Å². The van der Waals surface area contributed by atoms with Gasteiger partial charge < -0.3 is 20.1 Å². The molecule has 6 nitrogen and oxygen atoms in total. The Morgan fingerprint density at radius 1 is 1.19 bits per heavy atom. The van der Waals surface area contributed by atoms with Crippen molar-refractivity contribution in [2.75, 3.05) is 6.79 Å². The van der Waals surface area contributed by atoms with E-state index in [2.05, 4.69) is 10.6 Å². The van der Waals surface area contributed by atoms with Crippen LogP contribution in [0.5, 0.6) is 11.5 Å². The summed E-state index contributed by atoms with van der Waals surface area (Å²) in [5.41, 5.74) is 1.17. The van der Waals surface area contributed by atoms with Crippen molar-refractivity contribution in [3.63, 3.8) is 0 Å². The van der Waals surface area contributed by atoms with Crippen molar-refractivity contribution in [3.8, 4) is 17.6 Å². The van der Waals surface area contributed by atoms with Crippen molar-refractivity contribution in [3.05, 3.63) is 71.2 Å². The molecule has 0 aliphatic carbocycles. The van der Waals surface area contributed by atoms with Gasteiger partial charge in [0.2, 0.25) is 6.79 Å². The molecule has 1 aliphatic heterocycles. The lowest BCUT2D eigenvalue weighted by Gasteiger charge is -2.07. The van der Waals surface area contributed by atoms with Gasteiger partial charge >= 0.3 is 0 Å². The van der Waals surface area contributed by atoms with Crippen LogP contribution in [-0.4, -0.2) is 12.7 Å². The van der Waals surface area contributed by atoms with E-state index in [1.807, 2.05) is 6.07 Å². The van der Waals surface area contributed by atoms with Crippen molar-refractivity contribution in [1.29, 1.82) is 5.26 Å². The molecule has 0 bridgehead atoms. The van der Waals surface area contributed by atoms with E-state index in [0.29, 0.717) is 17.1 Å². The molecule has 0 saturated carbocycles. The van der Waals surface area contributed by atoms with Gasteiger partial charge in [-0.05, 0) is 23.8 Å². The zero-order chi connectivity index (χ0) is 18.4. The fourth-order valence-corrected chi connectivity index (χ4v) is 2.38. The van der Waals surface area contributed by atoms with E-state index in [1.165, 1.54) is 12.3 Å². The average molecular weight is 353 g/mol. The van der Waals surface area contributed by atoms with Crippen molar-refractivity contribution >= 4 is 5.91 Å². The summed E-state index contributed by atoms with van der Waals surface area (Å²) in [6, 6.07) is 13.5. The van der Waals surface area contributed by atoms with Crippen LogP contribution in [0.2, 0.25) is 0 Å². The van der Waals surface area contributed by atoms with Gasteiger partial charge in [-0.3, -0.25) is 4.79 Å². The zero-order valence-electron chi connectivity index (χ0n) is 13.8. The van der Waals surface area contributed by atoms with E-state index in [-0.39, 0.29) is 31.3 Å². The van der Waals surface area contributed by atoms with Gasteiger partial charge in [0.1, 0.15) is 17.5 Å². The van der Waals surface area contributed by atoms with Crippen LogP contribution in [0.25, 0.3) is 0 Å². The van der Waals surface area contributed by atoms with Gasteiger partial charge in [0, 0.05) is 24.9 Å². The van der Waals surface area contributed by atoms with Gasteiger partial charge in [-0.1, -0.05) is 24.3 Å². The van der Waals surface area contributed by atoms with Crippen molar-refractivity contribution in [1.82, 2.24) is 10.6 Å². The van der Waals surface area contributed by atoms with Crippen LogP contribution in [0.4, 0.5) is 4.39 Å². The molecule has 0 fully saturated rings. The maximum atomic E-state index is 13.5. The molecule has 1 amide bonds. The number of halogens is 1. The van der Waals surface area contributed by atoms with Gasteiger partial charge in [-0.25, -0.2) is 4.39 Å². The molecule has 3 rings (SSSR count). The first-order valence-electron chi connectivity index (χ1n) is 7.91. The molecule has 132 valence electrons. The summed E-state index contributed by atoms with van der Waals surface area (Å²) >= 11 is 0. The lowest BCUT2D eigenvalue weighted by atomic mass is 10.2. The lowest BCUT2D eigenvalue weighted by Crippen LogP contribution is -2.25. The Morgan fingerprint density at radius 2 is 2.00 bits per heavy atom.